The first-order chi connectivity index (χ1) is 18.2. The summed E-state index contributed by atoms with van der Waals surface area (Å²) in [5.74, 6) is -0.717. The molecule has 0 bridgehead atoms. The molecule has 3 aromatic carbocycles. The van der Waals surface area contributed by atoms with Gasteiger partial charge in [0.25, 0.3) is 0 Å². The van der Waals surface area contributed by atoms with Crippen molar-refractivity contribution in [1.29, 1.82) is 0 Å². The molecular weight excluding hydrogens is 478 g/mol. The molecule has 0 aliphatic heterocycles. The Bertz CT molecular complexity index is 1310. The molecule has 0 aliphatic carbocycles. The lowest BCUT2D eigenvalue weighted by molar-refractivity contribution is -0.136. The van der Waals surface area contributed by atoms with Crippen LogP contribution in [-0.4, -0.2) is 34.3 Å². The lowest BCUT2D eigenvalue weighted by Gasteiger charge is -2.37. The van der Waals surface area contributed by atoms with Gasteiger partial charge in [-0.3, -0.25) is 5.32 Å². The summed E-state index contributed by atoms with van der Waals surface area (Å²) >= 11 is 0. The summed E-state index contributed by atoms with van der Waals surface area (Å²) in [7, 11) is 1.25. The second kappa shape index (κ2) is 11.2. The fourth-order valence-electron chi connectivity index (χ4n) is 4.40. The van der Waals surface area contributed by atoms with E-state index >= 15 is 0 Å². The second-order valence-electron chi connectivity index (χ2n) is 9.69. The van der Waals surface area contributed by atoms with Gasteiger partial charge in [0.2, 0.25) is 0 Å². The first-order valence-corrected chi connectivity index (χ1v) is 12.2. The van der Waals surface area contributed by atoms with Crippen LogP contribution in [0.4, 0.5) is 4.79 Å². The predicted molar refractivity (Wildman–Crippen MR) is 146 cm³/mol. The first-order valence-electron chi connectivity index (χ1n) is 12.2. The van der Waals surface area contributed by atoms with Gasteiger partial charge in [0.1, 0.15) is 16.8 Å². The molecule has 1 aromatic heterocycles. The van der Waals surface area contributed by atoms with Crippen LogP contribution in [0.3, 0.4) is 0 Å². The smallest absolute Gasteiger partial charge is 0.412 e. The number of amides is 1. The van der Waals surface area contributed by atoms with Crippen LogP contribution in [0.25, 0.3) is 6.08 Å². The van der Waals surface area contributed by atoms with Crippen molar-refractivity contribution in [1.82, 2.24) is 14.9 Å². The van der Waals surface area contributed by atoms with Crippen molar-refractivity contribution in [2.75, 3.05) is 7.11 Å². The molecule has 1 amide bonds. The van der Waals surface area contributed by atoms with Crippen molar-refractivity contribution >= 4 is 18.1 Å². The molecule has 4 rings (SSSR count). The molecule has 4 aromatic rings. The Hall–Kier alpha value is -4.65. The lowest BCUT2D eigenvalue weighted by atomic mass is 9.77. The number of esters is 1. The Balaban J connectivity index is 1.87. The maximum absolute atomic E-state index is 12.5. The Morgan fingerprint density at radius 2 is 1.29 bits per heavy atom. The maximum Gasteiger partial charge on any atom is 0.412 e. The van der Waals surface area contributed by atoms with E-state index in [4.69, 9.17) is 9.47 Å². The van der Waals surface area contributed by atoms with E-state index in [0.717, 1.165) is 16.7 Å². The van der Waals surface area contributed by atoms with Crippen LogP contribution < -0.4 is 5.32 Å². The van der Waals surface area contributed by atoms with Crippen LogP contribution in [0.5, 0.6) is 0 Å². The van der Waals surface area contributed by atoms with E-state index in [-0.39, 0.29) is 5.70 Å². The molecule has 0 radical (unpaired) electrons. The molecule has 1 N–H and O–H groups in total. The highest BCUT2D eigenvalue weighted by Crippen LogP contribution is 2.40. The predicted octanol–water partition coefficient (Wildman–Crippen LogP) is 5.76. The van der Waals surface area contributed by atoms with Crippen LogP contribution in [0.2, 0.25) is 0 Å². The highest BCUT2D eigenvalue weighted by molar-refractivity contribution is 5.96. The third-order valence-corrected chi connectivity index (χ3v) is 5.90. The summed E-state index contributed by atoms with van der Waals surface area (Å²) in [4.78, 5) is 29.5. The largest absolute Gasteiger partial charge is 0.464 e. The zero-order valence-corrected chi connectivity index (χ0v) is 21.9. The molecule has 194 valence electrons. The van der Waals surface area contributed by atoms with Crippen LogP contribution in [0.15, 0.2) is 109 Å². The van der Waals surface area contributed by atoms with E-state index in [9.17, 15) is 9.59 Å². The summed E-state index contributed by atoms with van der Waals surface area (Å²) < 4.78 is 12.2. The fourth-order valence-corrected chi connectivity index (χ4v) is 4.40. The topological polar surface area (TPSA) is 82.5 Å². The van der Waals surface area contributed by atoms with Gasteiger partial charge in [-0.05, 0) is 43.5 Å². The van der Waals surface area contributed by atoms with E-state index in [1.165, 1.54) is 13.2 Å². The number of carbonyl (C=O) groups excluding carboxylic acids is 2. The van der Waals surface area contributed by atoms with E-state index < -0.39 is 23.2 Å². The van der Waals surface area contributed by atoms with Crippen LogP contribution in [0, 0.1) is 0 Å². The van der Waals surface area contributed by atoms with Gasteiger partial charge < -0.3 is 14.0 Å². The number of nitrogens with zero attached hydrogens (tertiary/aromatic N) is 2. The van der Waals surface area contributed by atoms with Gasteiger partial charge in [-0.15, -0.1) is 0 Å². The number of hydrogen-bond donors (Lipinski definition) is 1. The SMILES string of the molecule is COC(=O)/C(=C/c1cn(C(c2ccccc2)(c2ccccc2)c2ccccc2)cn1)NC(=O)OC(C)(C)C. The molecule has 7 nitrogen and oxygen atoms in total. The number of nitrogens with one attached hydrogen (secondary N) is 1. The van der Waals surface area contributed by atoms with Gasteiger partial charge in [0, 0.05) is 6.20 Å². The number of imidazole rings is 1. The van der Waals surface area contributed by atoms with Gasteiger partial charge in [-0.2, -0.15) is 0 Å². The molecule has 0 aliphatic rings. The number of methoxy groups -OCH3 is 1. The Kier molecular flexibility index (Phi) is 7.76. The molecule has 0 unspecified atom stereocenters. The highest BCUT2D eigenvalue weighted by Gasteiger charge is 2.38. The zero-order chi connectivity index (χ0) is 27.2. The summed E-state index contributed by atoms with van der Waals surface area (Å²) in [6.45, 7) is 5.23. The molecule has 1 heterocycles. The van der Waals surface area contributed by atoms with Crippen molar-refractivity contribution < 1.29 is 19.1 Å². The molecule has 7 heteroatoms. The monoisotopic (exact) mass is 509 g/mol. The van der Waals surface area contributed by atoms with Crippen LogP contribution >= 0.6 is 0 Å². The molecule has 0 spiro atoms. The quantitative estimate of drug-likeness (QED) is 0.195. The minimum absolute atomic E-state index is 0.0864. The van der Waals surface area contributed by atoms with Crippen molar-refractivity contribution in [2.24, 2.45) is 0 Å². The van der Waals surface area contributed by atoms with Crippen LogP contribution in [-0.2, 0) is 19.8 Å². The Morgan fingerprint density at radius 3 is 1.71 bits per heavy atom. The summed E-state index contributed by atoms with van der Waals surface area (Å²) in [6, 6.07) is 30.5. The van der Waals surface area contributed by atoms with E-state index in [0.29, 0.717) is 5.69 Å². The van der Waals surface area contributed by atoms with Gasteiger partial charge in [0.05, 0.1) is 19.1 Å². The highest BCUT2D eigenvalue weighted by atomic mass is 16.6. The van der Waals surface area contributed by atoms with E-state index in [2.05, 4.69) is 46.7 Å². The minimum Gasteiger partial charge on any atom is -0.464 e. The van der Waals surface area contributed by atoms with Gasteiger partial charge in [-0.1, -0.05) is 91.0 Å². The number of carbonyl (C=O) groups is 2. The normalized spacial score (nSPS) is 12.1. The van der Waals surface area contributed by atoms with Crippen molar-refractivity contribution in [3.05, 3.63) is 132 Å². The number of hydrogen-bond acceptors (Lipinski definition) is 5. The van der Waals surface area contributed by atoms with Crippen molar-refractivity contribution in [2.45, 2.75) is 31.9 Å². The Labute approximate surface area is 222 Å². The number of rotatable bonds is 7. The van der Waals surface area contributed by atoms with Crippen molar-refractivity contribution in [3.8, 4) is 0 Å². The summed E-state index contributed by atoms with van der Waals surface area (Å²) in [6.07, 6.45) is 4.27. The Morgan fingerprint density at radius 1 is 0.816 bits per heavy atom. The molecule has 0 fully saturated rings. The molecule has 0 saturated carbocycles. The summed E-state index contributed by atoms with van der Waals surface area (Å²) in [5.41, 5.74) is 1.98. The second-order valence-corrected chi connectivity index (χ2v) is 9.69. The number of aromatic nitrogens is 2. The third kappa shape index (κ3) is 5.67. The average molecular weight is 510 g/mol. The number of alkyl carbamates (subject to hydrolysis) is 1. The van der Waals surface area contributed by atoms with E-state index in [1.54, 1.807) is 27.1 Å². The minimum atomic E-state index is -0.763. The maximum atomic E-state index is 12.5. The molecule has 0 atom stereocenters. The zero-order valence-electron chi connectivity index (χ0n) is 21.9. The average Bonchev–Trinajstić information content (AvgIpc) is 3.38. The lowest BCUT2D eigenvalue weighted by Crippen LogP contribution is -2.36. The van der Waals surface area contributed by atoms with E-state index in [1.807, 2.05) is 65.4 Å². The van der Waals surface area contributed by atoms with Gasteiger partial charge in [0.15, 0.2) is 0 Å². The van der Waals surface area contributed by atoms with Crippen molar-refractivity contribution in [3.63, 3.8) is 0 Å². The van der Waals surface area contributed by atoms with Crippen LogP contribution in [0.1, 0.15) is 43.2 Å². The summed E-state index contributed by atoms with van der Waals surface area (Å²) in [5, 5.41) is 2.49. The number of ether oxygens (including phenoxy) is 2. The van der Waals surface area contributed by atoms with Gasteiger partial charge in [-0.25, -0.2) is 14.6 Å². The van der Waals surface area contributed by atoms with Gasteiger partial charge >= 0.3 is 12.1 Å². The molecule has 38 heavy (non-hydrogen) atoms. The molecular formula is C31H31N3O4. The fraction of sp³-hybridized carbons (Fsp3) is 0.194. The third-order valence-electron chi connectivity index (χ3n) is 5.90. The molecule has 0 saturated heterocycles. The first kappa shape index (κ1) is 26.4. The standard InChI is InChI=1S/C31H31N3O4/c1-30(2,3)38-29(36)33-27(28(35)37-4)20-26-21-34(22-32-26)31(23-14-8-5-9-15-23,24-16-10-6-11-17-24)25-18-12-7-13-19-25/h5-22H,1-4H3,(H,33,36)/b27-20-. The number of benzene rings is 3.